The van der Waals surface area contributed by atoms with Crippen LogP contribution in [0.4, 0.5) is 8.78 Å². The Balaban J connectivity index is 2.24. The van der Waals surface area contributed by atoms with Crippen LogP contribution in [0.5, 0.6) is 0 Å². The summed E-state index contributed by atoms with van der Waals surface area (Å²) >= 11 is 3.01. The van der Waals surface area contributed by atoms with Crippen molar-refractivity contribution in [3.63, 3.8) is 0 Å². The Morgan fingerprint density at radius 3 is 2.17 bits per heavy atom. The van der Waals surface area contributed by atoms with Gasteiger partial charge in [-0.3, -0.25) is 4.79 Å². The Hall–Kier alpha value is -0.770. The van der Waals surface area contributed by atoms with Gasteiger partial charge in [0.05, 0.1) is 5.56 Å². The Morgan fingerprint density at radius 1 is 1.17 bits per heavy atom. The average molecular weight is 317 g/mol. The van der Waals surface area contributed by atoms with Gasteiger partial charge in [0.25, 0.3) is 0 Å². The summed E-state index contributed by atoms with van der Waals surface area (Å²) in [5.74, 6) is -1.56. The maximum absolute atomic E-state index is 13.7. The van der Waals surface area contributed by atoms with Gasteiger partial charge in [-0.2, -0.15) is 0 Å². The van der Waals surface area contributed by atoms with Crippen LogP contribution in [-0.2, 0) is 0 Å². The largest absolute Gasteiger partial charge is 0.294 e. The van der Waals surface area contributed by atoms with Crippen molar-refractivity contribution in [3.8, 4) is 0 Å². The molecule has 0 spiro atoms. The summed E-state index contributed by atoms with van der Waals surface area (Å²) < 4.78 is 27.7. The molecule has 1 aliphatic carbocycles. The molecule has 1 aromatic rings. The molecule has 0 N–H and O–H groups in total. The quantitative estimate of drug-likeness (QED) is 0.720. The van der Waals surface area contributed by atoms with Crippen molar-refractivity contribution in [3.05, 3.63) is 33.8 Å². The lowest BCUT2D eigenvalue weighted by Gasteiger charge is -2.25. The minimum absolute atomic E-state index is 0.230. The van der Waals surface area contributed by atoms with E-state index in [1.165, 1.54) is 0 Å². The first-order valence-corrected chi connectivity index (χ1v) is 6.97. The monoisotopic (exact) mass is 316 g/mol. The van der Waals surface area contributed by atoms with Crippen molar-refractivity contribution < 1.29 is 13.6 Å². The van der Waals surface area contributed by atoms with E-state index in [4.69, 9.17) is 0 Å². The summed E-state index contributed by atoms with van der Waals surface area (Å²) in [6.07, 6.45) is 3.37. The highest BCUT2D eigenvalue weighted by atomic mass is 79.9. The Bertz CT molecular complexity index is 442. The number of hydrogen-bond donors (Lipinski definition) is 0. The van der Waals surface area contributed by atoms with Gasteiger partial charge >= 0.3 is 0 Å². The van der Waals surface area contributed by atoms with Crippen LogP contribution in [0.1, 0.15) is 43.0 Å². The van der Waals surface area contributed by atoms with Crippen LogP contribution in [0, 0.1) is 23.5 Å². The van der Waals surface area contributed by atoms with Crippen LogP contribution in [-0.4, -0.2) is 5.78 Å². The fourth-order valence-corrected chi connectivity index (χ4v) is 2.91. The molecule has 0 radical (unpaired) electrons. The van der Waals surface area contributed by atoms with Crippen molar-refractivity contribution in [1.29, 1.82) is 0 Å². The molecule has 0 heterocycles. The SMILES string of the molecule is CC1CCC(C(=O)c2c(F)cc(Br)cc2F)CC1. The Kier molecular flexibility index (Phi) is 4.15. The van der Waals surface area contributed by atoms with E-state index in [-0.39, 0.29) is 17.3 Å². The fourth-order valence-electron chi connectivity index (χ4n) is 2.50. The van der Waals surface area contributed by atoms with Crippen LogP contribution >= 0.6 is 15.9 Å². The van der Waals surface area contributed by atoms with Crippen molar-refractivity contribution in [2.45, 2.75) is 32.6 Å². The molecule has 98 valence electrons. The molecule has 0 amide bonds. The van der Waals surface area contributed by atoms with E-state index in [9.17, 15) is 13.6 Å². The summed E-state index contributed by atoms with van der Waals surface area (Å²) in [5, 5.41) is 0. The predicted octanol–water partition coefficient (Wildman–Crippen LogP) is 4.74. The third-order valence-corrected chi connectivity index (χ3v) is 4.10. The van der Waals surface area contributed by atoms with Crippen LogP contribution in [0.15, 0.2) is 16.6 Å². The first-order valence-electron chi connectivity index (χ1n) is 6.17. The average Bonchev–Trinajstić information content (AvgIpc) is 2.28. The van der Waals surface area contributed by atoms with E-state index in [1.54, 1.807) is 0 Å². The molecule has 0 atom stereocenters. The molecule has 0 aliphatic heterocycles. The van der Waals surface area contributed by atoms with Crippen molar-refractivity contribution >= 4 is 21.7 Å². The van der Waals surface area contributed by atoms with Crippen LogP contribution in [0.25, 0.3) is 0 Å². The zero-order valence-corrected chi connectivity index (χ0v) is 11.8. The van der Waals surface area contributed by atoms with E-state index in [0.29, 0.717) is 10.4 Å². The van der Waals surface area contributed by atoms with E-state index in [2.05, 4.69) is 22.9 Å². The topological polar surface area (TPSA) is 17.1 Å². The number of rotatable bonds is 2. The molecule has 0 aromatic heterocycles. The smallest absolute Gasteiger partial charge is 0.171 e. The lowest BCUT2D eigenvalue weighted by atomic mass is 9.79. The van der Waals surface area contributed by atoms with Crippen molar-refractivity contribution in [2.75, 3.05) is 0 Å². The third kappa shape index (κ3) is 2.79. The first-order chi connectivity index (χ1) is 8.49. The van der Waals surface area contributed by atoms with Gasteiger partial charge in [0.15, 0.2) is 5.78 Å². The zero-order chi connectivity index (χ0) is 13.3. The molecule has 4 heteroatoms. The summed E-state index contributed by atoms with van der Waals surface area (Å²) in [6, 6.07) is 2.28. The van der Waals surface area contributed by atoms with E-state index >= 15 is 0 Å². The molecule has 2 rings (SSSR count). The van der Waals surface area contributed by atoms with E-state index in [1.807, 2.05) is 0 Å². The van der Waals surface area contributed by atoms with Gasteiger partial charge in [0.2, 0.25) is 0 Å². The standard InChI is InChI=1S/C14H15BrF2O/c1-8-2-4-9(5-3-8)14(18)13-11(16)6-10(15)7-12(13)17/h6-9H,2-5H2,1H3. The molecule has 1 aromatic carbocycles. The lowest BCUT2D eigenvalue weighted by molar-refractivity contribution is 0.0867. The van der Waals surface area contributed by atoms with E-state index < -0.39 is 11.6 Å². The number of benzene rings is 1. The summed E-state index contributed by atoms with van der Waals surface area (Å²) in [6.45, 7) is 2.14. The highest BCUT2D eigenvalue weighted by Crippen LogP contribution is 2.32. The molecule has 0 unspecified atom stereocenters. The third-order valence-electron chi connectivity index (χ3n) is 3.64. The normalized spacial score (nSPS) is 24.0. The maximum Gasteiger partial charge on any atom is 0.171 e. The molecular weight excluding hydrogens is 302 g/mol. The Labute approximate surface area is 114 Å². The number of Topliss-reactive ketones (excluding diaryl/α,β-unsaturated/α-hetero) is 1. The number of hydrogen-bond acceptors (Lipinski definition) is 1. The van der Waals surface area contributed by atoms with Crippen LogP contribution in [0.3, 0.4) is 0 Å². The van der Waals surface area contributed by atoms with Crippen molar-refractivity contribution in [2.24, 2.45) is 11.8 Å². The second kappa shape index (κ2) is 5.47. The number of halogens is 3. The van der Waals surface area contributed by atoms with Gasteiger partial charge in [0.1, 0.15) is 11.6 Å². The maximum atomic E-state index is 13.7. The van der Waals surface area contributed by atoms with Crippen LogP contribution < -0.4 is 0 Å². The molecule has 0 bridgehead atoms. The fraction of sp³-hybridized carbons (Fsp3) is 0.500. The highest BCUT2D eigenvalue weighted by molar-refractivity contribution is 9.10. The summed E-state index contributed by atoms with van der Waals surface area (Å²) in [5.41, 5.74) is -0.377. The summed E-state index contributed by atoms with van der Waals surface area (Å²) in [4.78, 5) is 12.2. The molecule has 1 nitrogen and oxygen atoms in total. The molecule has 1 fully saturated rings. The molecule has 1 aliphatic rings. The number of ketones is 1. The number of carbonyl (C=O) groups is 1. The highest BCUT2D eigenvalue weighted by Gasteiger charge is 2.29. The minimum atomic E-state index is -0.773. The van der Waals surface area contributed by atoms with Gasteiger partial charge in [0, 0.05) is 10.4 Å². The lowest BCUT2D eigenvalue weighted by Crippen LogP contribution is -2.22. The van der Waals surface area contributed by atoms with Gasteiger partial charge in [-0.1, -0.05) is 35.7 Å². The molecule has 18 heavy (non-hydrogen) atoms. The first kappa shape index (κ1) is 13.7. The predicted molar refractivity (Wildman–Crippen MR) is 69.5 cm³/mol. The van der Waals surface area contributed by atoms with Gasteiger partial charge in [-0.15, -0.1) is 0 Å². The van der Waals surface area contributed by atoms with Gasteiger partial charge in [-0.05, 0) is 30.9 Å². The molecule has 1 saturated carbocycles. The van der Waals surface area contributed by atoms with Crippen molar-refractivity contribution in [1.82, 2.24) is 0 Å². The molecule has 0 saturated heterocycles. The zero-order valence-electron chi connectivity index (χ0n) is 10.2. The second-order valence-corrected chi connectivity index (χ2v) is 5.98. The Morgan fingerprint density at radius 2 is 1.67 bits per heavy atom. The number of carbonyl (C=O) groups excluding carboxylic acids is 1. The van der Waals surface area contributed by atoms with E-state index in [0.717, 1.165) is 37.8 Å². The second-order valence-electron chi connectivity index (χ2n) is 5.07. The van der Waals surface area contributed by atoms with Gasteiger partial charge < -0.3 is 0 Å². The molecular formula is C14H15BrF2O. The minimum Gasteiger partial charge on any atom is -0.294 e. The van der Waals surface area contributed by atoms with Crippen LogP contribution in [0.2, 0.25) is 0 Å². The van der Waals surface area contributed by atoms with Gasteiger partial charge in [-0.25, -0.2) is 8.78 Å². The summed E-state index contributed by atoms with van der Waals surface area (Å²) in [7, 11) is 0.